The van der Waals surface area contributed by atoms with Gasteiger partial charge in [0.05, 0.1) is 0 Å². The van der Waals surface area contributed by atoms with Crippen molar-refractivity contribution in [3.63, 3.8) is 0 Å². The molecular weight excluding hydrogens is 349 g/mol. The number of halogens is 2. The van der Waals surface area contributed by atoms with Gasteiger partial charge >= 0.3 is 0 Å². The van der Waals surface area contributed by atoms with E-state index in [1.807, 2.05) is 13.1 Å². The predicted octanol–water partition coefficient (Wildman–Crippen LogP) is 5.31. The Morgan fingerprint density at radius 1 is 1.14 bits per heavy atom. The first-order valence-corrected chi connectivity index (χ1v) is 8.37. The Labute approximate surface area is 135 Å². The van der Waals surface area contributed by atoms with Crippen molar-refractivity contribution in [1.29, 1.82) is 0 Å². The third kappa shape index (κ3) is 3.34. The number of nitrogens with one attached hydrogen (secondary N) is 1. The van der Waals surface area contributed by atoms with Crippen molar-refractivity contribution < 1.29 is 4.39 Å². The summed E-state index contributed by atoms with van der Waals surface area (Å²) in [5.74, 6) is -0.176. The van der Waals surface area contributed by atoms with Gasteiger partial charge in [-0.2, -0.15) is 0 Å². The molecule has 0 radical (unpaired) electrons. The fraction of sp³-hybridized carbons (Fsp3) is 0.176. The molecule has 0 fully saturated rings. The normalized spacial score (nSPS) is 12.7. The highest BCUT2D eigenvalue weighted by Gasteiger charge is 2.14. The summed E-state index contributed by atoms with van der Waals surface area (Å²) < 4.78 is 15.4. The van der Waals surface area contributed by atoms with E-state index in [9.17, 15) is 4.39 Å². The van der Waals surface area contributed by atoms with E-state index in [4.69, 9.17) is 0 Å². The van der Waals surface area contributed by atoms with Crippen LogP contribution in [0.25, 0.3) is 10.1 Å². The highest BCUT2D eigenvalue weighted by Crippen LogP contribution is 2.32. The van der Waals surface area contributed by atoms with Gasteiger partial charge in [0.25, 0.3) is 0 Å². The zero-order chi connectivity index (χ0) is 14.8. The maximum atomic E-state index is 13.3. The summed E-state index contributed by atoms with van der Waals surface area (Å²) in [7, 11) is 1.97. The maximum absolute atomic E-state index is 13.3. The lowest BCUT2D eigenvalue weighted by Crippen LogP contribution is -2.17. The highest BCUT2D eigenvalue weighted by molar-refractivity contribution is 9.10. The Morgan fingerprint density at radius 2 is 1.90 bits per heavy atom. The minimum Gasteiger partial charge on any atom is -0.312 e. The monoisotopic (exact) mass is 363 g/mol. The van der Waals surface area contributed by atoms with Gasteiger partial charge in [-0.05, 0) is 54.8 Å². The third-order valence-corrected chi connectivity index (χ3v) is 5.29. The lowest BCUT2D eigenvalue weighted by atomic mass is 10.0. The molecule has 0 aliphatic heterocycles. The lowest BCUT2D eigenvalue weighted by Gasteiger charge is -2.14. The molecule has 0 amide bonds. The van der Waals surface area contributed by atoms with Crippen LogP contribution in [0.15, 0.2) is 53.0 Å². The molecule has 1 atom stereocenters. The molecule has 1 N–H and O–H groups in total. The average Bonchev–Trinajstić information content (AvgIpc) is 2.89. The SMILES string of the molecule is CNC(Cc1ccc(Br)cc1)c1cc2ccc(F)cc2s1. The molecule has 0 bridgehead atoms. The van der Waals surface area contributed by atoms with E-state index in [2.05, 4.69) is 51.6 Å². The molecule has 1 heterocycles. The van der Waals surface area contributed by atoms with Crippen molar-refractivity contribution in [1.82, 2.24) is 5.32 Å². The summed E-state index contributed by atoms with van der Waals surface area (Å²) in [5, 5.41) is 4.47. The number of hydrogen-bond donors (Lipinski definition) is 1. The first-order chi connectivity index (χ1) is 10.2. The maximum Gasteiger partial charge on any atom is 0.124 e. The van der Waals surface area contributed by atoms with Crippen LogP contribution in [0.1, 0.15) is 16.5 Å². The minimum atomic E-state index is -0.176. The minimum absolute atomic E-state index is 0.176. The molecule has 0 spiro atoms. The zero-order valence-corrected chi connectivity index (χ0v) is 14.0. The van der Waals surface area contributed by atoms with Crippen LogP contribution in [0.4, 0.5) is 4.39 Å². The number of fused-ring (bicyclic) bond motifs is 1. The van der Waals surface area contributed by atoms with E-state index in [0.717, 1.165) is 21.0 Å². The number of thiophene rings is 1. The topological polar surface area (TPSA) is 12.0 Å². The largest absolute Gasteiger partial charge is 0.312 e. The first-order valence-electron chi connectivity index (χ1n) is 6.76. The van der Waals surface area contributed by atoms with Crippen LogP contribution in [0.2, 0.25) is 0 Å². The Kier molecular flexibility index (Phi) is 4.38. The molecule has 4 heteroatoms. The van der Waals surface area contributed by atoms with Gasteiger partial charge < -0.3 is 5.32 Å². The van der Waals surface area contributed by atoms with Crippen molar-refractivity contribution in [2.75, 3.05) is 7.05 Å². The van der Waals surface area contributed by atoms with Gasteiger partial charge in [0.15, 0.2) is 0 Å². The first kappa shape index (κ1) is 14.7. The molecule has 2 aromatic carbocycles. The molecule has 0 aliphatic carbocycles. The van der Waals surface area contributed by atoms with Gasteiger partial charge in [0.1, 0.15) is 5.82 Å². The van der Waals surface area contributed by atoms with Crippen LogP contribution in [-0.2, 0) is 6.42 Å². The predicted molar refractivity (Wildman–Crippen MR) is 91.4 cm³/mol. The number of hydrogen-bond acceptors (Lipinski definition) is 2. The van der Waals surface area contributed by atoms with Crippen LogP contribution in [0.5, 0.6) is 0 Å². The number of benzene rings is 2. The second kappa shape index (κ2) is 6.26. The van der Waals surface area contributed by atoms with E-state index >= 15 is 0 Å². The van der Waals surface area contributed by atoms with Gasteiger partial charge in [-0.15, -0.1) is 11.3 Å². The Morgan fingerprint density at radius 3 is 2.62 bits per heavy atom. The third-order valence-electron chi connectivity index (χ3n) is 3.55. The molecule has 0 aliphatic rings. The van der Waals surface area contributed by atoms with Crippen molar-refractivity contribution in [3.05, 3.63) is 69.3 Å². The van der Waals surface area contributed by atoms with Crippen LogP contribution >= 0.6 is 27.3 Å². The zero-order valence-electron chi connectivity index (χ0n) is 11.6. The second-order valence-electron chi connectivity index (χ2n) is 5.00. The molecule has 1 nitrogen and oxygen atoms in total. The summed E-state index contributed by atoms with van der Waals surface area (Å²) >= 11 is 5.11. The highest BCUT2D eigenvalue weighted by atomic mass is 79.9. The molecule has 0 saturated heterocycles. The van der Waals surface area contributed by atoms with E-state index in [1.54, 1.807) is 17.4 Å². The van der Waals surface area contributed by atoms with E-state index in [1.165, 1.54) is 16.5 Å². The van der Waals surface area contributed by atoms with Crippen molar-refractivity contribution in [2.45, 2.75) is 12.5 Å². The molecule has 3 aromatic rings. The fourth-order valence-electron chi connectivity index (χ4n) is 2.40. The smallest absolute Gasteiger partial charge is 0.124 e. The van der Waals surface area contributed by atoms with Crippen molar-refractivity contribution in [2.24, 2.45) is 0 Å². The summed E-state index contributed by atoms with van der Waals surface area (Å²) in [6.07, 6.45) is 0.916. The summed E-state index contributed by atoms with van der Waals surface area (Å²) in [6.45, 7) is 0. The molecule has 0 saturated carbocycles. The summed E-state index contributed by atoms with van der Waals surface area (Å²) in [6, 6.07) is 15.7. The lowest BCUT2D eigenvalue weighted by molar-refractivity contribution is 0.602. The molecule has 1 aromatic heterocycles. The van der Waals surface area contributed by atoms with Crippen LogP contribution in [0, 0.1) is 5.82 Å². The van der Waals surface area contributed by atoms with Crippen LogP contribution < -0.4 is 5.32 Å². The molecule has 1 unspecified atom stereocenters. The van der Waals surface area contributed by atoms with Gasteiger partial charge in [-0.3, -0.25) is 0 Å². The molecular formula is C17H15BrFNS. The molecule has 108 valence electrons. The average molecular weight is 364 g/mol. The second-order valence-corrected chi connectivity index (χ2v) is 7.03. The fourth-order valence-corrected chi connectivity index (χ4v) is 3.86. The molecule has 21 heavy (non-hydrogen) atoms. The van der Waals surface area contributed by atoms with Crippen LogP contribution in [0.3, 0.4) is 0 Å². The van der Waals surface area contributed by atoms with Crippen molar-refractivity contribution in [3.8, 4) is 0 Å². The standard InChI is InChI=1S/C17H15BrFNS/c1-20-15(8-11-2-5-13(18)6-3-11)17-9-12-4-7-14(19)10-16(12)21-17/h2-7,9-10,15,20H,8H2,1H3. The molecule has 3 rings (SSSR count). The number of likely N-dealkylation sites (N-methyl/N-ethyl adjacent to an activating group) is 1. The summed E-state index contributed by atoms with van der Waals surface area (Å²) in [5.41, 5.74) is 1.28. The van der Waals surface area contributed by atoms with Crippen molar-refractivity contribution >= 4 is 37.4 Å². The van der Waals surface area contributed by atoms with Gasteiger partial charge in [-0.25, -0.2) is 4.39 Å². The van der Waals surface area contributed by atoms with Gasteiger partial charge in [0.2, 0.25) is 0 Å². The Hall–Kier alpha value is -1.23. The number of rotatable bonds is 4. The van der Waals surface area contributed by atoms with Crippen LogP contribution in [-0.4, -0.2) is 7.05 Å². The Bertz CT molecular complexity index is 751. The van der Waals surface area contributed by atoms with E-state index < -0.39 is 0 Å². The quantitative estimate of drug-likeness (QED) is 0.662. The van der Waals surface area contributed by atoms with Gasteiger partial charge in [0, 0.05) is 20.1 Å². The van der Waals surface area contributed by atoms with Gasteiger partial charge in [-0.1, -0.05) is 34.1 Å². The van der Waals surface area contributed by atoms with E-state index in [-0.39, 0.29) is 11.9 Å². The Balaban J connectivity index is 1.88. The van der Waals surface area contributed by atoms with E-state index in [0.29, 0.717) is 0 Å². The summed E-state index contributed by atoms with van der Waals surface area (Å²) in [4.78, 5) is 1.24.